The fourth-order valence-electron chi connectivity index (χ4n) is 1.25. The minimum absolute atomic E-state index is 0.0708. The topological polar surface area (TPSA) is 97.0 Å². The van der Waals surface area contributed by atoms with E-state index in [0.29, 0.717) is 5.69 Å². The minimum atomic E-state index is -0.610. The van der Waals surface area contributed by atoms with E-state index in [4.69, 9.17) is 5.73 Å². The number of nitrogens with two attached hydrogens (primary N) is 1. The lowest BCUT2D eigenvalue weighted by Gasteiger charge is -2.15. The number of likely N-dealkylation sites (N-methyl/N-ethyl adjacent to an activating group) is 1. The lowest BCUT2D eigenvalue weighted by Crippen LogP contribution is -2.39. The van der Waals surface area contributed by atoms with Crippen LogP contribution in [0.15, 0.2) is 29.3 Å². The van der Waals surface area contributed by atoms with Crippen molar-refractivity contribution in [3.63, 3.8) is 0 Å². The quantitative estimate of drug-likeness (QED) is 0.351. The number of benzene rings is 1. The molecule has 1 rings (SSSR count). The predicted molar refractivity (Wildman–Crippen MR) is 84.4 cm³/mol. The Kier molecular flexibility index (Phi) is 6.22. The van der Waals surface area contributed by atoms with Crippen LogP contribution in [-0.2, 0) is 9.53 Å². The molecule has 0 aliphatic rings. The molecule has 1 aromatic carbocycles. The summed E-state index contributed by atoms with van der Waals surface area (Å²) in [6.45, 7) is -0.0810. The van der Waals surface area contributed by atoms with Crippen molar-refractivity contribution in [2.24, 2.45) is 10.7 Å². The van der Waals surface area contributed by atoms with Crippen molar-refractivity contribution in [3.05, 3.63) is 27.8 Å². The third kappa shape index (κ3) is 5.43. The molecule has 3 N–H and O–H groups in total. The Morgan fingerprint density at radius 2 is 2.20 bits per heavy atom. The van der Waals surface area contributed by atoms with E-state index in [-0.39, 0.29) is 12.5 Å². The number of amides is 2. The molecule has 2 amide bonds. The first-order valence-electron chi connectivity index (χ1n) is 5.61. The highest BCUT2D eigenvalue weighted by Gasteiger charge is 2.10. The Balaban J connectivity index is 2.63. The maximum atomic E-state index is 11.7. The molecular weight excluding hydrogens is 375 g/mol. The van der Waals surface area contributed by atoms with Gasteiger partial charge in [-0.2, -0.15) is 4.99 Å². The van der Waals surface area contributed by atoms with Crippen LogP contribution in [0.4, 0.5) is 10.5 Å². The van der Waals surface area contributed by atoms with E-state index < -0.39 is 12.0 Å². The third-order valence-electron chi connectivity index (χ3n) is 2.28. The maximum absolute atomic E-state index is 11.7. The molecule has 0 unspecified atom stereocenters. The average Bonchev–Trinajstić information content (AvgIpc) is 2.38. The highest BCUT2D eigenvalue weighted by atomic mass is 127. The molecule has 0 saturated heterocycles. The molecule has 0 aromatic heterocycles. The van der Waals surface area contributed by atoms with E-state index in [9.17, 15) is 9.59 Å². The molecule has 0 radical (unpaired) electrons. The number of esters is 1. The fourth-order valence-corrected chi connectivity index (χ4v) is 1.79. The van der Waals surface area contributed by atoms with Crippen LogP contribution in [0.3, 0.4) is 0 Å². The first-order valence-corrected chi connectivity index (χ1v) is 6.69. The number of nitrogens with zero attached hydrogens (tertiary/aromatic N) is 2. The molecule has 0 spiro atoms. The summed E-state index contributed by atoms with van der Waals surface area (Å²) in [5.41, 5.74) is 6.23. The Morgan fingerprint density at radius 1 is 1.50 bits per heavy atom. The van der Waals surface area contributed by atoms with Crippen molar-refractivity contribution < 1.29 is 14.3 Å². The monoisotopic (exact) mass is 390 g/mol. The first-order chi connectivity index (χ1) is 9.42. The van der Waals surface area contributed by atoms with Gasteiger partial charge in [0.05, 0.1) is 7.11 Å². The summed E-state index contributed by atoms with van der Waals surface area (Å²) in [6, 6.07) is 6.64. The summed E-state index contributed by atoms with van der Waals surface area (Å²) in [4.78, 5) is 27.7. The number of hydrogen-bond donors (Lipinski definition) is 2. The van der Waals surface area contributed by atoms with Crippen LogP contribution in [0, 0.1) is 3.57 Å². The van der Waals surface area contributed by atoms with Crippen molar-refractivity contribution >= 4 is 46.2 Å². The second-order valence-electron chi connectivity index (χ2n) is 3.84. The van der Waals surface area contributed by atoms with E-state index in [1.807, 2.05) is 12.1 Å². The number of hydrogen-bond acceptors (Lipinski definition) is 3. The van der Waals surface area contributed by atoms with E-state index in [2.05, 4.69) is 37.6 Å². The summed E-state index contributed by atoms with van der Waals surface area (Å²) >= 11 is 2.13. The van der Waals surface area contributed by atoms with Crippen molar-refractivity contribution in [1.82, 2.24) is 4.90 Å². The van der Waals surface area contributed by atoms with Crippen molar-refractivity contribution in [2.75, 3.05) is 26.0 Å². The SMILES string of the molecule is COC(=O)CN(C)C(N)=NC(=O)Nc1cccc(I)c1. The molecule has 0 fully saturated rings. The normalized spacial score (nSPS) is 10.8. The van der Waals surface area contributed by atoms with E-state index >= 15 is 0 Å². The van der Waals surface area contributed by atoms with E-state index in [1.165, 1.54) is 19.1 Å². The molecule has 7 nitrogen and oxygen atoms in total. The Hall–Kier alpha value is -1.84. The van der Waals surface area contributed by atoms with Crippen molar-refractivity contribution in [3.8, 4) is 0 Å². The van der Waals surface area contributed by atoms with Gasteiger partial charge < -0.3 is 20.7 Å². The van der Waals surface area contributed by atoms with Gasteiger partial charge >= 0.3 is 12.0 Å². The second kappa shape index (κ2) is 7.68. The molecule has 0 atom stereocenters. The van der Waals surface area contributed by atoms with Gasteiger partial charge in [0.1, 0.15) is 6.54 Å². The number of rotatable bonds is 3. The number of guanidine groups is 1. The highest BCUT2D eigenvalue weighted by molar-refractivity contribution is 14.1. The fraction of sp³-hybridized carbons (Fsp3) is 0.250. The van der Waals surface area contributed by atoms with Crippen LogP contribution in [0.5, 0.6) is 0 Å². The number of carbonyl (C=O) groups excluding carboxylic acids is 2. The first kappa shape index (κ1) is 16.2. The van der Waals surface area contributed by atoms with E-state index in [1.54, 1.807) is 12.1 Å². The zero-order valence-electron chi connectivity index (χ0n) is 11.1. The van der Waals surface area contributed by atoms with E-state index in [0.717, 1.165) is 3.57 Å². The van der Waals surface area contributed by atoms with Gasteiger partial charge in [0, 0.05) is 16.3 Å². The molecule has 0 heterocycles. The maximum Gasteiger partial charge on any atom is 0.348 e. The van der Waals surface area contributed by atoms with Gasteiger partial charge in [0.25, 0.3) is 0 Å². The molecule has 1 aromatic rings. The lowest BCUT2D eigenvalue weighted by molar-refractivity contribution is -0.140. The van der Waals surface area contributed by atoms with Gasteiger partial charge in [0.15, 0.2) is 0 Å². The van der Waals surface area contributed by atoms with Gasteiger partial charge in [-0.15, -0.1) is 0 Å². The Bertz CT molecular complexity index is 533. The Labute approximate surface area is 130 Å². The van der Waals surface area contributed by atoms with Crippen LogP contribution in [0.25, 0.3) is 0 Å². The van der Waals surface area contributed by atoms with Gasteiger partial charge in [0.2, 0.25) is 5.96 Å². The molecule has 0 aliphatic carbocycles. The van der Waals surface area contributed by atoms with Crippen molar-refractivity contribution in [1.29, 1.82) is 0 Å². The van der Waals surface area contributed by atoms with Crippen molar-refractivity contribution in [2.45, 2.75) is 0 Å². The molecule has 0 saturated carbocycles. The summed E-state index contributed by atoms with van der Waals surface area (Å²) in [7, 11) is 2.81. The number of urea groups is 1. The number of halogens is 1. The smallest absolute Gasteiger partial charge is 0.348 e. The van der Waals surface area contributed by atoms with Gasteiger partial charge in [-0.25, -0.2) is 4.79 Å². The zero-order chi connectivity index (χ0) is 15.1. The molecule has 0 bridgehead atoms. The number of carbonyl (C=O) groups is 2. The highest BCUT2D eigenvalue weighted by Crippen LogP contribution is 2.12. The number of anilines is 1. The average molecular weight is 390 g/mol. The number of methoxy groups -OCH3 is 1. The van der Waals surface area contributed by atoms with Gasteiger partial charge in [-0.05, 0) is 40.8 Å². The van der Waals surface area contributed by atoms with Crippen LogP contribution in [0.2, 0.25) is 0 Å². The summed E-state index contributed by atoms with van der Waals surface area (Å²) in [6.07, 6.45) is 0. The summed E-state index contributed by atoms with van der Waals surface area (Å²) in [5.74, 6) is -0.540. The molecule has 108 valence electrons. The zero-order valence-corrected chi connectivity index (χ0v) is 13.2. The largest absolute Gasteiger partial charge is 0.468 e. The van der Waals surface area contributed by atoms with Crippen LogP contribution in [-0.4, -0.2) is 43.6 Å². The van der Waals surface area contributed by atoms with Gasteiger partial charge in [-0.1, -0.05) is 6.07 Å². The summed E-state index contributed by atoms with van der Waals surface area (Å²) < 4.78 is 5.48. The van der Waals surface area contributed by atoms with Crippen LogP contribution in [0.1, 0.15) is 0 Å². The van der Waals surface area contributed by atoms with Crippen LogP contribution < -0.4 is 11.1 Å². The molecular formula is C12H15IN4O3. The number of ether oxygens (including phenoxy) is 1. The van der Waals surface area contributed by atoms with Gasteiger partial charge in [-0.3, -0.25) is 4.79 Å². The number of nitrogens with one attached hydrogen (secondary N) is 1. The second-order valence-corrected chi connectivity index (χ2v) is 5.09. The van der Waals surface area contributed by atoms with Crippen LogP contribution >= 0.6 is 22.6 Å². The predicted octanol–water partition coefficient (Wildman–Crippen LogP) is 1.24. The Morgan fingerprint density at radius 3 is 2.80 bits per heavy atom. The lowest BCUT2D eigenvalue weighted by atomic mass is 10.3. The third-order valence-corrected chi connectivity index (χ3v) is 2.95. The molecule has 8 heteroatoms. The summed E-state index contributed by atoms with van der Waals surface area (Å²) in [5, 5.41) is 2.58. The molecule has 20 heavy (non-hydrogen) atoms. The minimum Gasteiger partial charge on any atom is -0.468 e. The molecule has 0 aliphatic heterocycles. The standard InChI is InChI=1S/C12H15IN4O3/c1-17(7-10(18)20-2)11(14)16-12(19)15-9-5-3-4-8(13)6-9/h3-6H,7H2,1-2H3,(H3,14,15,16,19). The number of aliphatic imine (C=N–C) groups is 1.